The first-order chi connectivity index (χ1) is 12.0. The molecule has 3 aromatic heterocycles. The summed E-state index contributed by atoms with van der Waals surface area (Å²) < 4.78 is 1.72. The summed E-state index contributed by atoms with van der Waals surface area (Å²) in [5.41, 5.74) is 3.98. The van der Waals surface area contributed by atoms with Gasteiger partial charge in [-0.25, -0.2) is 4.52 Å². The number of fused-ring (bicyclic) bond motifs is 1. The first kappa shape index (κ1) is 16.5. The van der Waals surface area contributed by atoms with Gasteiger partial charge in [0.25, 0.3) is 5.91 Å². The summed E-state index contributed by atoms with van der Waals surface area (Å²) in [6.45, 7) is 4.01. The van der Waals surface area contributed by atoms with Crippen LogP contribution < -0.4 is 10.6 Å². The summed E-state index contributed by atoms with van der Waals surface area (Å²) in [7, 11) is 1.59. The Kier molecular flexibility index (Phi) is 4.35. The van der Waals surface area contributed by atoms with Gasteiger partial charge in [-0.2, -0.15) is 10.4 Å². The number of carbonyl (C=O) groups is 1. The van der Waals surface area contributed by atoms with Crippen molar-refractivity contribution in [1.29, 1.82) is 5.26 Å². The second kappa shape index (κ2) is 6.61. The molecular weight excluding hydrogens is 316 g/mol. The molecule has 3 rings (SSSR count). The minimum Gasteiger partial charge on any atom is -0.382 e. The van der Waals surface area contributed by atoms with Gasteiger partial charge < -0.3 is 10.6 Å². The number of pyridine rings is 1. The van der Waals surface area contributed by atoms with Gasteiger partial charge >= 0.3 is 0 Å². The van der Waals surface area contributed by atoms with E-state index in [9.17, 15) is 4.79 Å². The normalized spacial score (nSPS) is 10.7. The smallest absolute Gasteiger partial charge is 0.254 e. The summed E-state index contributed by atoms with van der Waals surface area (Å²) in [4.78, 5) is 16.5. The molecule has 0 aliphatic heterocycles. The second-order valence-electron chi connectivity index (χ2n) is 5.90. The van der Waals surface area contributed by atoms with Crippen LogP contribution in [0.5, 0.6) is 0 Å². The first-order valence-corrected chi connectivity index (χ1v) is 7.90. The zero-order valence-corrected chi connectivity index (χ0v) is 14.2. The molecule has 25 heavy (non-hydrogen) atoms. The zero-order chi connectivity index (χ0) is 18.0. The quantitative estimate of drug-likeness (QED) is 0.764. The van der Waals surface area contributed by atoms with Crippen LogP contribution in [0.15, 0.2) is 36.7 Å². The van der Waals surface area contributed by atoms with Crippen LogP contribution in [0.25, 0.3) is 16.9 Å². The van der Waals surface area contributed by atoms with Gasteiger partial charge in [0.15, 0.2) is 0 Å². The Morgan fingerprint density at radius 3 is 2.76 bits per heavy atom. The molecule has 3 aromatic rings. The molecule has 0 saturated carbocycles. The third-order valence-electron chi connectivity index (χ3n) is 3.71. The molecule has 0 saturated heterocycles. The largest absolute Gasteiger partial charge is 0.382 e. The fourth-order valence-electron chi connectivity index (χ4n) is 2.60. The molecular formula is C18H18N6O. The van der Waals surface area contributed by atoms with Crippen LogP contribution in [0.2, 0.25) is 0 Å². The molecule has 0 aliphatic rings. The third kappa shape index (κ3) is 3.15. The van der Waals surface area contributed by atoms with E-state index in [1.165, 1.54) is 6.20 Å². The minimum absolute atomic E-state index is 0.166. The number of nitrogens with zero attached hydrogens (tertiary/aromatic N) is 4. The maximum atomic E-state index is 12.1. The SMILES string of the molecule is CNC(=O)c1cnc(-c2ccc3cc(C#N)cnn23)cc1NC(C)C. The van der Waals surface area contributed by atoms with E-state index in [0.717, 1.165) is 11.2 Å². The lowest BCUT2D eigenvalue weighted by molar-refractivity contribution is 0.0963. The molecule has 7 nitrogen and oxygen atoms in total. The molecule has 0 fully saturated rings. The molecule has 3 heterocycles. The summed E-state index contributed by atoms with van der Waals surface area (Å²) in [5, 5.41) is 19.2. The van der Waals surface area contributed by atoms with Crippen molar-refractivity contribution >= 4 is 17.1 Å². The molecule has 0 atom stereocenters. The monoisotopic (exact) mass is 334 g/mol. The maximum Gasteiger partial charge on any atom is 0.254 e. The van der Waals surface area contributed by atoms with Crippen molar-refractivity contribution in [3.05, 3.63) is 47.8 Å². The fourth-order valence-corrected chi connectivity index (χ4v) is 2.60. The van der Waals surface area contributed by atoms with Crippen molar-refractivity contribution in [1.82, 2.24) is 19.9 Å². The highest BCUT2D eigenvalue weighted by Gasteiger charge is 2.15. The van der Waals surface area contributed by atoms with E-state index < -0.39 is 0 Å². The van der Waals surface area contributed by atoms with Gasteiger partial charge in [-0.1, -0.05) is 0 Å². The van der Waals surface area contributed by atoms with Crippen LogP contribution >= 0.6 is 0 Å². The molecule has 0 aliphatic carbocycles. The van der Waals surface area contributed by atoms with Gasteiger partial charge in [0.2, 0.25) is 0 Å². The van der Waals surface area contributed by atoms with Crippen molar-refractivity contribution in [3.8, 4) is 17.5 Å². The number of anilines is 1. The zero-order valence-electron chi connectivity index (χ0n) is 14.2. The van der Waals surface area contributed by atoms with Crippen LogP contribution in [0.4, 0.5) is 5.69 Å². The average molecular weight is 334 g/mol. The van der Waals surface area contributed by atoms with Crippen LogP contribution in [0.1, 0.15) is 29.8 Å². The first-order valence-electron chi connectivity index (χ1n) is 7.90. The van der Waals surface area contributed by atoms with E-state index in [-0.39, 0.29) is 11.9 Å². The van der Waals surface area contributed by atoms with Crippen LogP contribution in [-0.4, -0.2) is 33.6 Å². The van der Waals surface area contributed by atoms with Crippen molar-refractivity contribution < 1.29 is 4.79 Å². The number of nitriles is 1. The number of amides is 1. The number of aromatic nitrogens is 3. The van der Waals surface area contributed by atoms with E-state index in [1.807, 2.05) is 32.0 Å². The Hall–Kier alpha value is -3.40. The molecule has 0 unspecified atom stereocenters. The Morgan fingerprint density at radius 1 is 1.28 bits per heavy atom. The number of rotatable bonds is 4. The molecule has 0 radical (unpaired) electrons. The average Bonchev–Trinajstić information content (AvgIpc) is 3.03. The highest BCUT2D eigenvalue weighted by Crippen LogP contribution is 2.25. The van der Waals surface area contributed by atoms with E-state index in [1.54, 1.807) is 23.8 Å². The lowest BCUT2D eigenvalue weighted by atomic mass is 10.1. The van der Waals surface area contributed by atoms with Gasteiger partial charge in [0, 0.05) is 19.3 Å². The van der Waals surface area contributed by atoms with Crippen molar-refractivity contribution in [3.63, 3.8) is 0 Å². The molecule has 0 bridgehead atoms. The minimum atomic E-state index is -0.195. The molecule has 0 aromatic carbocycles. The molecule has 1 amide bonds. The van der Waals surface area contributed by atoms with Gasteiger partial charge in [-0.3, -0.25) is 9.78 Å². The molecule has 2 N–H and O–H groups in total. The highest BCUT2D eigenvalue weighted by atomic mass is 16.1. The van der Waals surface area contributed by atoms with Crippen molar-refractivity contribution in [2.45, 2.75) is 19.9 Å². The Balaban J connectivity index is 2.11. The standard InChI is InChI=1S/C18H18N6O/c1-11(2)23-15-7-16(21-10-14(15)18(25)20-3)17-5-4-13-6-12(8-19)9-22-24(13)17/h4-7,9-11H,1-3H3,(H,20,25)(H,21,23). The van der Waals surface area contributed by atoms with Crippen LogP contribution in [0.3, 0.4) is 0 Å². The van der Waals surface area contributed by atoms with Gasteiger partial charge in [0.05, 0.1) is 39.9 Å². The Morgan fingerprint density at radius 2 is 2.08 bits per heavy atom. The topological polar surface area (TPSA) is 95.1 Å². The Bertz CT molecular complexity index is 983. The number of carbonyl (C=O) groups excluding carboxylic acids is 1. The van der Waals surface area contributed by atoms with Crippen molar-refractivity contribution in [2.24, 2.45) is 0 Å². The highest BCUT2D eigenvalue weighted by molar-refractivity contribution is 5.99. The molecule has 0 spiro atoms. The van der Waals surface area contributed by atoms with Crippen LogP contribution in [0, 0.1) is 11.3 Å². The van der Waals surface area contributed by atoms with E-state index in [4.69, 9.17) is 5.26 Å². The van der Waals surface area contributed by atoms with Gasteiger partial charge in [-0.05, 0) is 38.1 Å². The van der Waals surface area contributed by atoms with Crippen LogP contribution in [-0.2, 0) is 0 Å². The van der Waals surface area contributed by atoms with E-state index >= 15 is 0 Å². The van der Waals surface area contributed by atoms with Crippen molar-refractivity contribution in [2.75, 3.05) is 12.4 Å². The number of nitrogens with one attached hydrogen (secondary N) is 2. The van der Waals surface area contributed by atoms with E-state index in [0.29, 0.717) is 22.5 Å². The summed E-state index contributed by atoms with van der Waals surface area (Å²) in [6, 6.07) is 9.63. The van der Waals surface area contributed by atoms with Gasteiger partial charge in [-0.15, -0.1) is 0 Å². The third-order valence-corrected chi connectivity index (χ3v) is 3.71. The van der Waals surface area contributed by atoms with E-state index in [2.05, 4.69) is 26.8 Å². The lowest BCUT2D eigenvalue weighted by Gasteiger charge is -2.15. The summed E-state index contributed by atoms with van der Waals surface area (Å²) >= 11 is 0. The fraction of sp³-hybridized carbons (Fsp3) is 0.222. The maximum absolute atomic E-state index is 12.1. The summed E-state index contributed by atoms with van der Waals surface area (Å²) in [5.74, 6) is -0.195. The number of hydrogen-bond donors (Lipinski definition) is 2. The lowest BCUT2D eigenvalue weighted by Crippen LogP contribution is -2.21. The molecule has 126 valence electrons. The predicted octanol–water partition coefficient (Wildman–Crippen LogP) is 2.45. The molecule has 7 heteroatoms. The second-order valence-corrected chi connectivity index (χ2v) is 5.90. The Labute approximate surface area is 145 Å². The predicted molar refractivity (Wildman–Crippen MR) is 95.3 cm³/mol. The summed E-state index contributed by atoms with van der Waals surface area (Å²) in [6.07, 6.45) is 3.07. The number of hydrogen-bond acceptors (Lipinski definition) is 5. The van der Waals surface area contributed by atoms with Gasteiger partial charge in [0.1, 0.15) is 6.07 Å².